The van der Waals surface area contributed by atoms with E-state index < -0.39 is 0 Å². The minimum absolute atomic E-state index is 0.478. The Morgan fingerprint density at radius 2 is 1.89 bits per heavy atom. The molecule has 102 valence electrons. The van der Waals surface area contributed by atoms with Gasteiger partial charge in [0.25, 0.3) is 0 Å². The fourth-order valence-corrected chi connectivity index (χ4v) is 3.11. The van der Waals surface area contributed by atoms with Crippen molar-refractivity contribution >= 4 is 0 Å². The van der Waals surface area contributed by atoms with E-state index in [0.29, 0.717) is 12.1 Å². The molecule has 1 fully saturated rings. The molecule has 0 bridgehead atoms. The summed E-state index contributed by atoms with van der Waals surface area (Å²) in [7, 11) is 0. The first kappa shape index (κ1) is 13.5. The maximum Gasteiger partial charge on any atom is 0.147 e. The molecule has 0 spiro atoms. The van der Waals surface area contributed by atoms with Crippen LogP contribution in [0, 0.1) is 13.8 Å². The lowest BCUT2D eigenvalue weighted by Gasteiger charge is -2.30. The second-order valence-corrected chi connectivity index (χ2v) is 5.37. The maximum atomic E-state index is 4.60. The van der Waals surface area contributed by atoms with Gasteiger partial charge in [0.15, 0.2) is 0 Å². The van der Waals surface area contributed by atoms with Crippen LogP contribution in [0.2, 0.25) is 0 Å². The van der Waals surface area contributed by atoms with Crippen molar-refractivity contribution in [1.29, 1.82) is 0 Å². The fourth-order valence-electron chi connectivity index (χ4n) is 3.11. The third kappa shape index (κ3) is 3.10. The highest BCUT2D eigenvalue weighted by atomic mass is 15.4. The number of aromatic nitrogens is 3. The summed E-state index contributed by atoms with van der Waals surface area (Å²) in [4.78, 5) is 4.46. The first-order valence-corrected chi connectivity index (χ1v) is 7.35. The van der Waals surface area contributed by atoms with Gasteiger partial charge in [-0.05, 0) is 33.2 Å². The predicted molar refractivity (Wildman–Crippen MR) is 73.7 cm³/mol. The standard InChI is InChI=1S/C14H26N4/c1-4-15-13-9-7-5-6-8-10-14(13)18-12(3)16-11(2)17-18/h13-15H,4-10H2,1-3H3. The van der Waals surface area contributed by atoms with Crippen molar-refractivity contribution in [3.63, 3.8) is 0 Å². The van der Waals surface area contributed by atoms with Crippen molar-refractivity contribution in [3.8, 4) is 0 Å². The number of likely N-dealkylation sites (N-methyl/N-ethyl adjacent to an activating group) is 1. The van der Waals surface area contributed by atoms with Gasteiger partial charge in [-0.3, -0.25) is 0 Å². The Balaban J connectivity index is 2.20. The molecule has 1 aromatic rings. The quantitative estimate of drug-likeness (QED) is 0.897. The van der Waals surface area contributed by atoms with E-state index >= 15 is 0 Å². The highest BCUT2D eigenvalue weighted by Crippen LogP contribution is 2.27. The molecule has 18 heavy (non-hydrogen) atoms. The lowest BCUT2D eigenvalue weighted by atomic mass is 9.92. The van der Waals surface area contributed by atoms with Crippen molar-refractivity contribution < 1.29 is 0 Å². The normalized spacial score (nSPS) is 25.7. The highest BCUT2D eigenvalue weighted by Gasteiger charge is 2.25. The van der Waals surface area contributed by atoms with Crippen LogP contribution in [0.4, 0.5) is 0 Å². The van der Waals surface area contributed by atoms with Crippen molar-refractivity contribution in [3.05, 3.63) is 11.6 Å². The molecule has 2 rings (SSSR count). The summed E-state index contributed by atoms with van der Waals surface area (Å²) >= 11 is 0. The van der Waals surface area contributed by atoms with E-state index in [-0.39, 0.29) is 0 Å². The summed E-state index contributed by atoms with van der Waals surface area (Å²) in [6.45, 7) is 7.28. The van der Waals surface area contributed by atoms with Crippen molar-refractivity contribution in [2.75, 3.05) is 6.54 Å². The Morgan fingerprint density at radius 1 is 1.17 bits per heavy atom. The van der Waals surface area contributed by atoms with Crippen LogP contribution in [0.5, 0.6) is 0 Å². The molecule has 1 aromatic heterocycles. The molecule has 1 N–H and O–H groups in total. The van der Waals surface area contributed by atoms with Crippen LogP contribution in [0.1, 0.15) is 63.1 Å². The van der Waals surface area contributed by atoms with Gasteiger partial charge in [-0.2, -0.15) is 5.10 Å². The summed E-state index contributed by atoms with van der Waals surface area (Å²) in [6, 6.07) is 1.03. The summed E-state index contributed by atoms with van der Waals surface area (Å²) in [5.41, 5.74) is 0. The number of hydrogen-bond acceptors (Lipinski definition) is 3. The van der Waals surface area contributed by atoms with E-state index in [0.717, 1.165) is 18.2 Å². The maximum absolute atomic E-state index is 4.60. The predicted octanol–water partition coefficient (Wildman–Crippen LogP) is 2.77. The highest BCUT2D eigenvalue weighted by molar-refractivity contribution is 4.94. The fraction of sp³-hybridized carbons (Fsp3) is 0.857. The molecule has 0 aliphatic heterocycles. The minimum Gasteiger partial charge on any atom is -0.312 e. The van der Waals surface area contributed by atoms with Gasteiger partial charge in [0, 0.05) is 6.04 Å². The summed E-state index contributed by atoms with van der Waals surface area (Å²) in [5, 5.41) is 8.25. The Kier molecular flexibility index (Phi) is 4.75. The summed E-state index contributed by atoms with van der Waals surface area (Å²) < 4.78 is 2.16. The van der Waals surface area contributed by atoms with Crippen LogP contribution >= 0.6 is 0 Å². The molecule has 1 heterocycles. The van der Waals surface area contributed by atoms with E-state index in [9.17, 15) is 0 Å². The third-order valence-corrected chi connectivity index (χ3v) is 3.92. The molecule has 4 heteroatoms. The molecule has 4 nitrogen and oxygen atoms in total. The van der Waals surface area contributed by atoms with Gasteiger partial charge in [0.2, 0.25) is 0 Å². The van der Waals surface area contributed by atoms with Gasteiger partial charge < -0.3 is 5.32 Å². The summed E-state index contributed by atoms with van der Waals surface area (Å²) in [6.07, 6.45) is 7.87. The van der Waals surface area contributed by atoms with Crippen LogP contribution < -0.4 is 5.32 Å². The van der Waals surface area contributed by atoms with E-state index in [4.69, 9.17) is 0 Å². The van der Waals surface area contributed by atoms with Crippen LogP contribution in [-0.4, -0.2) is 27.4 Å². The van der Waals surface area contributed by atoms with Gasteiger partial charge in [-0.15, -0.1) is 0 Å². The van der Waals surface area contributed by atoms with Crippen molar-refractivity contribution in [2.45, 2.75) is 71.4 Å². The molecule has 0 saturated heterocycles. The monoisotopic (exact) mass is 250 g/mol. The number of hydrogen-bond donors (Lipinski definition) is 1. The zero-order valence-corrected chi connectivity index (χ0v) is 11.9. The second kappa shape index (κ2) is 6.32. The Labute approximate surface area is 110 Å². The van der Waals surface area contributed by atoms with Crippen LogP contribution in [0.3, 0.4) is 0 Å². The summed E-state index contributed by atoms with van der Waals surface area (Å²) in [5.74, 6) is 1.95. The van der Waals surface area contributed by atoms with E-state index in [1.54, 1.807) is 0 Å². The molecule has 0 aromatic carbocycles. The largest absolute Gasteiger partial charge is 0.312 e. The number of rotatable bonds is 3. The second-order valence-electron chi connectivity index (χ2n) is 5.37. The average molecular weight is 250 g/mol. The van der Waals surface area contributed by atoms with E-state index in [1.165, 1.54) is 38.5 Å². The Hall–Kier alpha value is -0.900. The van der Waals surface area contributed by atoms with Crippen molar-refractivity contribution in [1.82, 2.24) is 20.1 Å². The smallest absolute Gasteiger partial charge is 0.147 e. The topological polar surface area (TPSA) is 42.7 Å². The first-order chi connectivity index (χ1) is 8.72. The van der Waals surface area contributed by atoms with Gasteiger partial charge in [-0.25, -0.2) is 9.67 Å². The molecule has 2 unspecified atom stereocenters. The third-order valence-electron chi connectivity index (χ3n) is 3.92. The lowest BCUT2D eigenvalue weighted by Crippen LogP contribution is -2.39. The molecule has 1 aliphatic carbocycles. The van der Waals surface area contributed by atoms with Crippen LogP contribution in [0.15, 0.2) is 0 Å². The number of nitrogens with one attached hydrogen (secondary N) is 1. The molecule has 1 aliphatic rings. The molecule has 2 atom stereocenters. The van der Waals surface area contributed by atoms with Crippen LogP contribution in [0.25, 0.3) is 0 Å². The SMILES string of the molecule is CCNC1CCCCCCC1n1nc(C)nc1C. The van der Waals surface area contributed by atoms with Crippen LogP contribution in [-0.2, 0) is 0 Å². The van der Waals surface area contributed by atoms with Crippen molar-refractivity contribution in [2.24, 2.45) is 0 Å². The molecular weight excluding hydrogens is 224 g/mol. The molecular formula is C14H26N4. The Bertz CT molecular complexity index is 372. The lowest BCUT2D eigenvalue weighted by molar-refractivity contribution is 0.265. The average Bonchev–Trinajstić information content (AvgIpc) is 2.62. The van der Waals surface area contributed by atoms with Gasteiger partial charge >= 0.3 is 0 Å². The molecule has 0 radical (unpaired) electrons. The van der Waals surface area contributed by atoms with E-state index in [1.807, 2.05) is 6.92 Å². The first-order valence-electron chi connectivity index (χ1n) is 7.35. The zero-order chi connectivity index (χ0) is 13.0. The van der Waals surface area contributed by atoms with Gasteiger partial charge in [-0.1, -0.05) is 32.6 Å². The zero-order valence-electron chi connectivity index (χ0n) is 11.9. The van der Waals surface area contributed by atoms with E-state index in [2.05, 4.69) is 33.9 Å². The Morgan fingerprint density at radius 3 is 2.50 bits per heavy atom. The van der Waals surface area contributed by atoms with Gasteiger partial charge in [0.05, 0.1) is 6.04 Å². The molecule has 1 saturated carbocycles. The minimum atomic E-state index is 0.478. The van der Waals surface area contributed by atoms with Gasteiger partial charge in [0.1, 0.15) is 11.6 Å². The molecule has 0 amide bonds. The number of aryl methyl sites for hydroxylation is 2. The number of nitrogens with zero attached hydrogens (tertiary/aromatic N) is 3.